The molecule has 0 aromatic carbocycles. The minimum absolute atomic E-state index is 0.356. The summed E-state index contributed by atoms with van der Waals surface area (Å²) in [6.07, 6.45) is 5.24. The molecule has 1 aromatic heterocycles. The fourth-order valence-corrected chi connectivity index (χ4v) is 2.74. The van der Waals surface area contributed by atoms with Crippen LogP contribution in [-0.4, -0.2) is 10.4 Å². The van der Waals surface area contributed by atoms with Crippen LogP contribution in [0.1, 0.15) is 25.3 Å². The zero-order chi connectivity index (χ0) is 10.8. The normalized spacial score (nSPS) is 30.7. The first-order valence-electron chi connectivity index (χ1n) is 5.51. The summed E-state index contributed by atoms with van der Waals surface area (Å²) in [5.41, 5.74) is 6.94. The van der Waals surface area contributed by atoms with Gasteiger partial charge in [-0.15, -0.1) is 11.6 Å². The smallest absolute Gasteiger partial charge is 0.123 e. The van der Waals surface area contributed by atoms with E-state index >= 15 is 0 Å². The van der Waals surface area contributed by atoms with Crippen molar-refractivity contribution in [2.75, 3.05) is 5.73 Å². The van der Waals surface area contributed by atoms with E-state index in [-0.39, 0.29) is 0 Å². The van der Waals surface area contributed by atoms with Crippen molar-refractivity contribution in [3.8, 4) is 0 Å². The summed E-state index contributed by atoms with van der Waals surface area (Å²) in [6.45, 7) is 2.25. The van der Waals surface area contributed by atoms with Crippen molar-refractivity contribution < 1.29 is 0 Å². The third-order valence-electron chi connectivity index (χ3n) is 3.47. The average molecular weight is 225 g/mol. The molecule has 1 saturated carbocycles. The Morgan fingerprint density at radius 1 is 1.53 bits per heavy atom. The lowest BCUT2D eigenvalue weighted by Crippen LogP contribution is -2.13. The lowest BCUT2D eigenvalue weighted by Gasteiger charge is -2.17. The molecule has 1 heterocycles. The SMILES string of the molecule is CC1C(Cl)CCC1Cc1ccnc(N)c1. The predicted octanol–water partition coefficient (Wildman–Crippen LogP) is 2.86. The van der Waals surface area contributed by atoms with Crippen LogP contribution in [-0.2, 0) is 6.42 Å². The quantitative estimate of drug-likeness (QED) is 0.785. The molecule has 2 N–H and O–H groups in total. The summed E-state index contributed by atoms with van der Waals surface area (Å²) >= 11 is 6.22. The minimum Gasteiger partial charge on any atom is -0.384 e. The van der Waals surface area contributed by atoms with Gasteiger partial charge in [0.2, 0.25) is 0 Å². The Bertz CT molecular complexity index is 340. The number of aromatic nitrogens is 1. The third kappa shape index (κ3) is 2.43. The van der Waals surface area contributed by atoms with Gasteiger partial charge in [-0.05, 0) is 48.8 Å². The van der Waals surface area contributed by atoms with Crippen molar-refractivity contribution in [1.82, 2.24) is 4.98 Å². The zero-order valence-corrected chi connectivity index (χ0v) is 9.74. The maximum Gasteiger partial charge on any atom is 0.123 e. The number of pyridine rings is 1. The molecule has 1 aliphatic carbocycles. The molecule has 3 unspecified atom stereocenters. The number of nitrogen functional groups attached to an aromatic ring is 1. The van der Waals surface area contributed by atoms with Crippen molar-refractivity contribution in [2.24, 2.45) is 11.8 Å². The molecule has 3 atom stereocenters. The van der Waals surface area contributed by atoms with Crippen LogP contribution >= 0.6 is 11.6 Å². The highest BCUT2D eigenvalue weighted by Crippen LogP contribution is 2.37. The fraction of sp³-hybridized carbons (Fsp3) is 0.583. The fourth-order valence-electron chi connectivity index (χ4n) is 2.41. The molecule has 3 heteroatoms. The first-order valence-corrected chi connectivity index (χ1v) is 5.95. The molecule has 0 spiro atoms. The molecule has 82 valence electrons. The van der Waals surface area contributed by atoms with Gasteiger partial charge in [-0.25, -0.2) is 4.98 Å². The maximum atomic E-state index is 6.22. The summed E-state index contributed by atoms with van der Waals surface area (Å²) in [5, 5.41) is 0.356. The van der Waals surface area contributed by atoms with Gasteiger partial charge in [0, 0.05) is 11.6 Å². The van der Waals surface area contributed by atoms with Gasteiger partial charge < -0.3 is 5.73 Å². The largest absolute Gasteiger partial charge is 0.384 e. The molecule has 1 aromatic rings. The first-order chi connectivity index (χ1) is 7.16. The Labute approximate surface area is 95.8 Å². The van der Waals surface area contributed by atoms with Gasteiger partial charge in [-0.2, -0.15) is 0 Å². The molecule has 0 amide bonds. The van der Waals surface area contributed by atoms with E-state index in [2.05, 4.69) is 11.9 Å². The van der Waals surface area contributed by atoms with E-state index in [4.69, 9.17) is 17.3 Å². The van der Waals surface area contributed by atoms with E-state index in [1.807, 2.05) is 12.1 Å². The summed E-state index contributed by atoms with van der Waals surface area (Å²) in [5.74, 6) is 1.93. The topological polar surface area (TPSA) is 38.9 Å². The van der Waals surface area contributed by atoms with Gasteiger partial charge in [0.15, 0.2) is 0 Å². The number of rotatable bonds is 2. The highest BCUT2D eigenvalue weighted by molar-refractivity contribution is 6.20. The first kappa shape index (κ1) is 10.7. The monoisotopic (exact) mass is 224 g/mol. The molecule has 2 nitrogen and oxygen atoms in total. The molecular formula is C12H17ClN2. The molecule has 0 saturated heterocycles. The molecule has 1 aliphatic rings. The standard InChI is InChI=1S/C12H17ClN2/c1-8-10(2-3-11(8)13)6-9-4-5-15-12(14)7-9/h4-5,7-8,10-11H,2-3,6H2,1H3,(H2,14,15). The Kier molecular flexibility index (Phi) is 3.15. The number of nitrogens with zero attached hydrogens (tertiary/aromatic N) is 1. The summed E-state index contributed by atoms with van der Waals surface area (Å²) < 4.78 is 0. The van der Waals surface area contributed by atoms with Gasteiger partial charge in [0.05, 0.1) is 0 Å². The van der Waals surface area contributed by atoms with Gasteiger partial charge in [-0.3, -0.25) is 0 Å². The Morgan fingerprint density at radius 3 is 2.93 bits per heavy atom. The third-order valence-corrected chi connectivity index (χ3v) is 4.09. The minimum atomic E-state index is 0.356. The van der Waals surface area contributed by atoms with Crippen LogP contribution in [0.4, 0.5) is 5.82 Å². The Balaban J connectivity index is 2.03. The number of nitrogens with two attached hydrogens (primary N) is 1. The van der Waals surface area contributed by atoms with E-state index < -0.39 is 0 Å². The van der Waals surface area contributed by atoms with E-state index in [0.29, 0.717) is 23.0 Å². The molecule has 2 rings (SSSR count). The van der Waals surface area contributed by atoms with Crippen LogP contribution in [0.3, 0.4) is 0 Å². The van der Waals surface area contributed by atoms with Crippen LogP contribution in [0, 0.1) is 11.8 Å². The van der Waals surface area contributed by atoms with Gasteiger partial charge in [-0.1, -0.05) is 6.92 Å². The van der Waals surface area contributed by atoms with Crippen molar-refractivity contribution in [2.45, 2.75) is 31.6 Å². The van der Waals surface area contributed by atoms with E-state index in [1.54, 1.807) is 6.20 Å². The van der Waals surface area contributed by atoms with Gasteiger partial charge in [0.25, 0.3) is 0 Å². The van der Waals surface area contributed by atoms with E-state index in [0.717, 1.165) is 12.8 Å². The van der Waals surface area contributed by atoms with Crippen LogP contribution in [0.15, 0.2) is 18.3 Å². The summed E-state index contributed by atoms with van der Waals surface area (Å²) in [6, 6.07) is 4.01. The van der Waals surface area contributed by atoms with Crippen LogP contribution in [0.2, 0.25) is 0 Å². The van der Waals surface area contributed by atoms with Crippen molar-refractivity contribution >= 4 is 17.4 Å². The van der Waals surface area contributed by atoms with Gasteiger partial charge >= 0.3 is 0 Å². The molecule has 0 bridgehead atoms. The van der Waals surface area contributed by atoms with Crippen molar-refractivity contribution in [3.05, 3.63) is 23.9 Å². The second-order valence-corrected chi connectivity index (χ2v) is 5.07. The highest BCUT2D eigenvalue weighted by atomic mass is 35.5. The van der Waals surface area contributed by atoms with Crippen LogP contribution in [0.5, 0.6) is 0 Å². The Morgan fingerprint density at radius 2 is 2.33 bits per heavy atom. The summed E-state index contributed by atoms with van der Waals surface area (Å²) in [7, 11) is 0. The van der Waals surface area contributed by atoms with Crippen LogP contribution < -0.4 is 5.73 Å². The van der Waals surface area contributed by atoms with Crippen molar-refractivity contribution in [3.63, 3.8) is 0 Å². The molecule has 0 radical (unpaired) electrons. The lowest BCUT2D eigenvalue weighted by atomic mass is 9.91. The second kappa shape index (κ2) is 4.40. The molecular weight excluding hydrogens is 208 g/mol. The zero-order valence-electron chi connectivity index (χ0n) is 8.99. The molecule has 1 fully saturated rings. The predicted molar refractivity (Wildman–Crippen MR) is 63.9 cm³/mol. The van der Waals surface area contributed by atoms with E-state index in [1.165, 1.54) is 12.0 Å². The van der Waals surface area contributed by atoms with Gasteiger partial charge in [0.1, 0.15) is 5.82 Å². The lowest BCUT2D eigenvalue weighted by molar-refractivity contribution is 0.420. The number of anilines is 1. The summed E-state index contributed by atoms with van der Waals surface area (Å²) in [4.78, 5) is 4.00. The highest BCUT2D eigenvalue weighted by Gasteiger charge is 2.31. The molecule has 15 heavy (non-hydrogen) atoms. The molecule has 0 aliphatic heterocycles. The number of hydrogen-bond donors (Lipinski definition) is 1. The van der Waals surface area contributed by atoms with Crippen molar-refractivity contribution in [1.29, 1.82) is 0 Å². The van der Waals surface area contributed by atoms with Crippen LogP contribution in [0.25, 0.3) is 0 Å². The van der Waals surface area contributed by atoms with E-state index in [9.17, 15) is 0 Å². The second-order valence-electron chi connectivity index (χ2n) is 4.51. The number of halogens is 1. The maximum absolute atomic E-state index is 6.22. The number of alkyl halides is 1. The average Bonchev–Trinajstić information content (AvgIpc) is 2.50. The number of hydrogen-bond acceptors (Lipinski definition) is 2. The Hall–Kier alpha value is -0.760.